The molecule has 0 unspecified atom stereocenters. The van der Waals surface area contributed by atoms with E-state index in [1.807, 2.05) is 29.6 Å². The first kappa shape index (κ1) is 16.5. The summed E-state index contributed by atoms with van der Waals surface area (Å²) in [5.41, 5.74) is 6.75. The van der Waals surface area contributed by atoms with Gasteiger partial charge in [0.25, 0.3) is 0 Å². The molecule has 3 nitrogen and oxygen atoms in total. The molecule has 0 saturated heterocycles. The Morgan fingerprint density at radius 2 is 2.04 bits per heavy atom. The van der Waals surface area contributed by atoms with Gasteiger partial charge in [0.2, 0.25) is 5.13 Å². The highest BCUT2D eigenvalue weighted by molar-refractivity contribution is 7.14. The average molecular weight is 348 g/mol. The summed E-state index contributed by atoms with van der Waals surface area (Å²) in [6.07, 6.45) is 3.40. The average Bonchev–Trinajstić information content (AvgIpc) is 2.93. The van der Waals surface area contributed by atoms with Gasteiger partial charge < -0.3 is 0 Å². The molecule has 0 radical (unpaired) electrons. The molecule has 1 fully saturated rings. The van der Waals surface area contributed by atoms with E-state index in [1.165, 1.54) is 12.1 Å². The van der Waals surface area contributed by atoms with Crippen LogP contribution >= 0.6 is 22.9 Å². The summed E-state index contributed by atoms with van der Waals surface area (Å²) < 4.78 is 0. The smallest absolute Gasteiger partial charge is 0.203 e. The molecule has 122 valence electrons. The normalized spacial score (nSPS) is 22.3. The number of aromatic nitrogens is 1. The SMILES string of the molecule is C[C@H]1C/C(=N/Nc2nc(-c3ccc(Cl)cc3)cs2)CC(C)(C)C1. The predicted molar refractivity (Wildman–Crippen MR) is 100 cm³/mol. The zero-order valence-corrected chi connectivity index (χ0v) is 15.3. The molecule has 1 heterocycles. The molecule has 1 aromatic carbocycles. The number of hydrogen-bond acceptors (Lipinski definition) is 4. The summed E-state index contributed by atoms with van der Waals surface area (Å²) in [6, 6.07) is 7.74. The molecular formula is C18H22ClN3S. The highest BCUT2D eigenvalue weighted by Gasteiger charge is 2.29. The van der Waals surface area contributed by atoms with Gasteiger partial charge in [0, 0.05) is 21.7 Å². The van der Waals surface area contributed by atoms with E-state index in [0.29, 0.717) is 11.3 Å². The van der Waals surface area contributed by atoms with E-state index in [-0.39, 0.29) is 0 Å². The number of nitrogens with zero attached hydrogens (tertiary/aromatic N) is 2. The van der Waals surface area contributed by atoms with Gasteiger partial charge in [-0.25, -0.2) is 4.98 Å². The van der Waals surface area contributed by atoms with E-state index in [4.69, 9.17) is 11.6 Å². The van der Waals surface area contributed by atoms with Gasteiger partial charge in [-0.15, -0.1) is 11.3 Å². The van der Waals surface area contributed by atoms with E-state index < -0.39 is 0 Å². The van der Waals surface area contributed by atoms with Crippen LogP contribution in [0.4, 0.5) is 5.13 Å². The molecule has 2 aromatic rings. The monoisotopic (exact) mass is 347 g/mol. The molecule has 0 bridgehead atoms. The molecule has 0 aliphatic heterocycles. The van der Waals surface area contributed by atoms with Crippen LogP contribution in [0.15, 0.2) is 34.7 Å². The molecular weight excluding hydrogens is 326 g/mol. The van der Waals surface area contributed by atoms with Crippen LogP contribution in [0.2, 0.25) is 5.02 Å². The standard InChI is InChI=1S/C18H22ClN3S/c1-12-8-15(10-18(2,3)9-12)21-22-17-20-16(11-23-17)13-4-6-14(19)7-5-13/h4-7,11-12H,8-10H2,1-3H3,(H,20,22)/b21-15-/t12-/m0/s1. The minimum atomic E-state index is 0.343. The third-order valence-electron chi connectivity index (χ3n) is 4.12. The lowest BCUT2D eigenvalue weighted by atomic mass is 9.72. The summed E-state index contributed by atoms with van der Waals surface area (Å²) >= 11 is 7.50. The summed E-state index contributed by atoms with van der Waals surface area (Å²) in [4.78, 5) is 4.61. The fraction of sp³-hybridized carbons (Fsp3) is 0.444. The maximum absolute atomic E-state index is 5.93. The third kappa shape index (κ3) is 4.33. The molecule has 0 spiro atoms. The first-order chi connectivity index (χ1) is 10.9. The van der Waals surface area contributed by atoms with Crippen LogP contribution in [-0.4, -0.2) is 10.7 Å². The lowest BCUT2D eigenvalue weighted by Crippen LogP contribution is -2.28. The van der Waals surface area contributed by atoms with Crippen LogP contribution in [0.5, 0.6) is 0 Å². The second kappa shape index (κ2) is 6.62. The van der Waals surface area contributed by atoms with Crippen molar-refractivity contribution < 1.29 is 0 Å². The Labute approximate surface area is 146 Å². The number of nitrogens with one attached hydrogen (secondary N) is 1. The van der Waals surface area contributed by atoms with Gasteiger partial charge in [0.05, 0.1) is 5.69 Å². The molecule has 1 N–H and O–H groups in total. The van der Waals surface area contributed by atoms with Crippen molar-refractivity contribution in [2.24, 2.45) is 16.4 Å². The molecule has 1 aliphatic carbocycles. The maximum atomic E-state index is 5.93. The highest BCUT2D eigenvalue weighted by atomic mass is 35.5. The molecule has 1 saturated carbocycles. The van der Waals surface area contributed by atoms with Crippen molar-refractivity contribution in [2.45, 2.75) is 40.0 Å². The second-order valence-electron chi connectivity index (χ2n) is 7.19. The molecule has 0 amide bonds. The fourth-order valence-electron chi connectivity index (χ4n) is 3.40. The molecule has 3 rings (SSSR count). The van der Waals surface area contributed by atoms with Crippen LogP contribution in [0, 0.1) is 11.3 Å². The van der Waals surface area contributed by atoms with Crippen LogP contribution in [0.3, 0.4) is 0 Å². The van der Waals surface area contributed by atoms with Crippen LogP contribution < -0.4 is 5.43 Å². The summed E-state index contributed by atoms with van der Waals surface area (Å²) in [5, 5.41) is 8.23. The van der Waals surface area contributed by atoms with Crippen LogP contribution in [-0.2, 0) is 0 Å². The number of benzene rings is 1. The Bertz CT molecular complexity index is 703. The third-order valence-corrected chi connectivity index (χ3v) is 5.12. The van der Waals surface area contributed by atoms with E-state index in [9.17, 15) is 0 Å². The van der Waals surface area contributed by atoms with Crippen molar-refractivity contribution in [1.29, 1.82) is 0 Å². The molecule has 23 heavy (non-hydrogen) atoms. The Kier molecular flexibility index (Phi) is 4.74. The Morgan fingerprint density at radius 3 is 2.74 bits per heavy atom. The summed E-state index contributed by atoms with van der Waals surface area (Å²) in [5.74, 6) is 0.695. The zero-order chi connectivity index (χ0) is 16.4. The Balaban J connectivity index is 1.69. The van der Waals surface area contributed by atoms with Crippen molar-refractivity contribution in [1.82, 2.24) is 4.98 Å². The van der Waals surface area contributed by atoms with Crippen molar-refractivity contribution in [3.8, 4) is 11.3 Å². The van der Waals surface area contributed by atoms with Crippen molar-refractivity contribution in [3.63, 3.8) is 0 Å². The van der Waals surface area contributed by atoms with Gasteiger partial charge in [-0.3, -0.25) is 5.43 Å². The van der Waals surface area contributed by atoms with Gasteiger partial charge in [-0.05, 0) is 42.7 Å². The molecule has 1 aromatic heterocycles. The fourth-order valence-corrected chi connectivity index (χ4v) is 4.19. The van der Waals surface area contributed by atoms with Gasteiger partial charge in [0.15, 0.2) is 0 Å². The van der Waals surface area contributed by atoms with Gasteiger partial charge >= 0.3 is 0 Å². The highest BCUT2D eigenvalue weighted by Crippen LogP contribution is 2.37. The second-order valence-corrected chi connectivity index (χ2v) is 8.48. The minimum Gasteiger partial charge on any atom is -0.253 e. The number of halogens is 1. The number of anilines is 1. The lowest BCUT2D eigenvalue weighted by Gasteiger charge is -2.34. The first-order valence-corrected chi connectivity index (χ1v) is 9.20. The largest absolute Gasteiger partial charge is 0.253 e. The Morgan fingerprint density at radius 1 is 1.30 bits per heavy atom. The van der Waals surface area contributed by atoms with E-state index in [0.717, 1.165) is 34.3 Å². The molecule has 1 aliphatic rings. The maximum Gasteiger partial charge on any atom is 0.203 e. The van der Waals surface area contributed by atoms with Gasteiger partial charge in [-0.1, -0.05) is 44.5 Å². The minimum absolute atomic E-state index is 0.343. The topological polar surface area (TPSA) is 37.3 Å². The Hall–Kier alpha value is -1.39. The summed E-state index contributed by atoms with van der Waals surface area (Å²) in [6.45, 7) is 6.94. The van der Waals surface area contributed by atoms with Crippen molar-refractivity contribution in [3.05, 3.63) is 34.7 Å². The zero-order valence-electron chi connectivity index (χ0n) is 13.8. The number of hydrogen-bond donors (Lipinski definition) is 1. The van der Waals surface area contributed by atoms with Crippen LogP contribution in [0.25, 0.3) is 11.3 Å². The van der Waals surface area contributed by atoms with Gasteiger partial charge in [0.1, 0.15) is 0 Å². The lowest BCUT2D eigenvalue weighted by molar-refractivity contribution is 0.266. The molecule has 1 atom stereocenters. The van der Waals surface area contributed by atoms with Crippen molar-refractivity contribution >= 4 is 33.8 Å². The predicted octanol–water partition coefficient (Wildman–Crippen LogP) is 6.08. The van der Waals surface area contributed by atoms with E-state index >= 15 is 0 Å². The van der Waals surface area contributed by atoms with Crippen LogP contribution in [0.1, 0.15) is 40.0 Å². The van der Waals surface area contributed by atoms with Crippen molar-refractivity contribution in [2.75, 3.05) is 5.43 Å². The van der Waals surface area contributed by atoms with E-state index in [1.54, 1.807) is 11.3 Å². The number of rotatable bonds is 3. The molecule has 5 heteroatoms. The van der Waals surface area contributed by atoms with E-state index in [2.05, 4.69) is 36.3 Å². The van der Waals surface area contributed by atoms with Gasteiger partial charge in [-0.2, -0.15) is 5.10 Å². The summed E-state index contributed by atoms with van der Waals surface area (Å²) in [7, 11) is 0. The number of thiazole rings is 1. The number of hydrazone groups is 1. The quantitative estimate of drug-likeness (QED) is 0.683. The first-order valence-electron chi connectivity index (χ1n) is 7.94.